The van der Waals surface area contributed by atoms with Crippen molar-refractivity contribution in [1.82, 2.24) is 5.32 Å². The number of ether oxygens (including phenoxy) is 2. The number of nitrogens with one attached hydrogen (secondary N) is 1. The van der Waals surface area contributed by atoms with Crippen molar-refractivity contribution >= 4 is 5.91 Å². The van der Waals surface area contributed by atoms with E-state index >= 15 is 0 Å². The Morgan fingerprint density at radius 1 is 1.58 bits per heavy atom. The van der Waals surface area contributed by atoms with E-state index in [1.807, 2.05) is 0 Å². The summed E-state index contributed by atoms with van der Waals surface area (Å²) in [6.45, 7) is 0.966. The van der Waals surface area contributed by atoms with E-state index in [0.29, 0.717) is 30.9 Å². The SMILES string of the molecule is COCCC(=O)NC1CCCOc2ccc(F)cc21. The van der Waals surface area contributed by atoms with Crippen molar-refractivity contribution in [2.24, 2.45) is 0 Å². The van der Waals surface area contributed by atoms with Gasteiger partial charge in [-0.3, -0.25) is 4.79 Å². The van der Waals surface area contributed by atoms with E-state index in [9.17, 15) is 9.18 Å². The van der Waals surface area contributed by atoms with E-state index in [0.717, 1.165) is 12.8 Å². The van der Waals surface area contributed by atoms with Crippen molar-refractivity contribution in [3.05, 3.63) is 29.6 Å². The lowest BCUT2D eigenvalue weighted by atomic mass is 10.0. The fraction of sp³-hybridized carbons (Fsp3) is 0.500. The molecule has 4 nitrogen and oxygen atoms in total. The molecule has 1 heterocycles. The Morgan fingerprint density at radius 3 is 3.21 bits per heavy atom. The van der Waals surface area contributed by atoms with Crippen molar-refractivity contribution in [2.75, 3.05) is 20.3 Å². The van der Waals surface area contributed by atoms with Crippen molar-refractivity contribution in [1.29, 1.82) is 0 Å². The molecular formula is C14H18FNO3. The predicted octanol–water partition coefficient (Wildman–Crippen LogP) is 2.19. The molecule has 1 aromatic rings. The molecule has 2 rings (SSSR count). The highest BCUT2D eigenvalue weighted by atomic mass is 19.1. The van der Waals surface area contributed by atoms with Crippen molar-refractivity contribution in [3.8, 4) is 5.75 Å². The molecule has 104 valence electrons. The maximum atomic E-state index is 13.4. The number of amides is 1. The summed E-state index contributed by atoms with van der Waals surface area (Å²) in [5.74, 6) is 0.236. The van der Waals surface area contributed by atoms with Gasteiger partial charge in [0.25, 0.3) is 0 Å². The first-order valence-corrected chi connectivity index (χ1v) is 6.41. The Kier molecular flexibility index (Phi) is 4.74. The van der Waals surface area contributed by atoms with Gasteiger partial charge in [-0.15, -0.1) is 0 Å². The molecule has 1 aliphatic heterocycles. The van der Waals surface area contributed by atoms with Crippen LogP contribution >= 0.6 is 0 Å². The molecule has 1 aromatic carbocycles. The quantitative estimate of drug-likeness (QED) is 0.909. The summed E-state index contributed by atoms with van der Waals surface area (Å²) in [6.07, 6.45) is 1.87. The topological polar surface area (TPSA) is 47.6 Å². The second-order valence-corrected chi connectivity index (χ2v) is 4.54. The number of hydrogen-bond donors (Lipinski definition) is 1. The summed E-state index contributed by atoms with van der Waals surface area (Å²) < 4.78 is 23.8. The van der Waals surface area contributed by atoms with E-state index in [-0.39, 0.29) is 17.8 Å². The minimum Gasteiger partial charge on any atom is -0.493 e. The highest BCUT2D eigenvalue weighted by Gasteiger charge is 2.21. The molecule has 0 saturated carbocycles. The van der Waals surface area contributed by atoms with Gasteiger partial charge in [-0.05, 0) is 31.0 Å². The molecule has 5 heteroatoms. The van der Waals surface area contributed by atoms with Crippen LogP contribution in [0.2, 0.25) is 0 Å². The van der Waals surface area contributed by atoms with Crippen molar-refractivity contribution < 1.29 is 18.7 Å². The Bertz CT molecular complexity index is 450. The average Bonchev–Trinajstić information content (AvgIpc) is 2.59. The van der Waals surface area contributed by atoms with Crippen LogP contribution in [0.15, 0.2) is 18.2 Å². The molecule has 1 amide bonds. The maximum Gasteiger partial charge on any atom is 0.222 e. The predicted molar refractivity (Wildman–Crippen MR) is 68.5 cm³/mol. The first kappa shape index (κ1) is 13.8. The Labute approximate surface area is 111 Å². The van der Waals surface area contributed by atoms with E-state index in [4.69, 9.17) is 9.47 Å². The highest BCUT2D eigenvalue weighted by Crippen LogP contribution is 2.32. The van der Waals surface area contributed by atoms with Crippen molar-refractivity contribution in [2.45, 2.75) is 25.3 Å². The van der Waals surface area contributed by atoms with Gasteiger partial charge in [0.15, 0.2) is 0 Å². The largest absolute Gasteiger partial charge is 0.493 e. The lowest BCUT2D eigenvalue weighted by molar-refractivity contribution is -0.122. The van der Waals surface area contributed by atoms with Gasteiger partial charge in [0.1, 0.15) is 11.6 Å². The summed E-state index contributed by atoms with van der Waals surface area (Å²) in [5, 5.41) is 2.91. The van der Waals surface area contributed by atoms with Crippen LogP contribution in [0.5, 0.6) is 5.75 Å². The van der Waals surface area contributed by atoms with Crippen LogP contribution in [-0.2, 0) is 9.53 Å². The zero-order chi connectivity index (χ0) is 13.7. The van der Waals surface area contributed by atoms with Gasteiger partial charge in [-0.25, -0.2) is 4.39 Å². The average molecular weight is 267 g/mol. The second-order valence-electron chi connectivity index (χ2n) is 4.54. The molecule has 0 aromatic heterocycles. The fourth-order valence-electron chi connectivity index (χ4n) is 2.16. The van der Waals surface area contributed by atoms with Crippen LogP contribution < -0.4 is 10.1 Å². The number of methoxy groups -OCH3 is 1. The minimum atomic E-state index is -0.319. The van der Waals surface area contributed by atoms with E-state index in [1.165, 1.54) is 12.1 Å². The molecule has 1 unspecified atom stereocenters. The molecule has 1 atom stereocenters. The van der Waals surface area contributed by atoms with Crippen LogP contribution in [0.3, 0.4) is 0 Å². The molecule has 0 bridgehead atoms. The maximum absolute atomic E-state index is 13.4. The lowest BCUT2D eigenvalue weighted by Crippen LogP contribution is -2.29. The zero-order valence-electron chi connectivity index (χ0n) is 10.9. The molecule has 0 spiro atoms. The summed E-state index contributed by atoms with van der Waals surface area (Å²) in [7, 11) is 1.55. The fourth-order valence-corrected chi connectivity index (χ4v) is 2.16. The molecule has 1 aliphatic rings. The van der Waals surface area contributed by atoms with Gasteiger partial charge in [-0.2, -0.15) is 0 Å². The summed E-state index contributed by atoms with van der Waals surface area (Å²) in [6, 6.07) is 4.22. The number of rotatable bonds is 4. The molecule has 0 radical (unpaired) electrons. The highest BCUT2D eigenvalue weighted by molar-refractivity contribution is 5.76. The van der Waals surface area contributed by atoms with Crippen LogP contribution in [0.25, 0.3) is 0 Å². The summed E-state index contributed by atoms with van der Waals surface area (Å²) in [5.41, 5.74) is 0.711. The minimum absolute atomic E-state index is 0.0936. The van der Waals surface area contributed by atoms with Gasteiger partial charge in [0.2, 0.25) is 5.91 Å². The lowest BCUT2D eigenvalue weighted by Gasteiger charge is -2.18. The number of benzene rings is 1. The normalized spacial score (nSPS) is 18.1. The van der Waals surface area contributed by atoms with Crippen LogP contribution in [0, 0.1) is 5.82 Å². The number of halogens is 1. The smallest absolute Gasteiger partial charge is 0.222 e. The van der Waals surface area contributed by atoms with Gasteiger partial charge >= 0.3 is 0 Å². The van der Waals surface area contributed by atoms with Gasteiger partial charge in [0.05, 0.1) is 19.3 Å². The second kappa shape index (κ2) is 6.52. The molecule has 19 heavy (non-hydrogen) atoms. The summed E-state index contributed by atoms with van der Waals surface area (Å²) in [4.78, 5) is 11.8. The zero-order valence-corrected chi connectivity index (χ0v) is 10.9. The monoisotopic (exact) mass is 267 g/mol. The van der Waals surface area contributed by atoms with E-state index in [2.05, 4.69) is 5.32 Å². The van der Waals surface area contributed by atoms with Gasteiger partial charge < -0.3 is 14.8 Å². The molecule has 0 aliphatic carbocycles. The molecule has 0 saturated heterocycles. The van der Waals surface area contributed by atoms with Crippen LogP contribution in [-0.4, -0.2) is 26.2 Å². The Hall–Kier alpha value is -1.62. The molecule has 1 N–H and O–H groups in total. The van der Waals surface area contributed by atoms with Gasteiger partial charge in [0, 0.05) is 19.1 Å². The summed E-state index contributed by atoms with van der Waals surface area (Å²) >= 11 is 0. The van der Waals surface area contributed by atoms with E-state index in [1.54, 1.807) is 13.2 Å². The molecule has 0 fully saturated rings. The first-order chi connectivity index (χ1) is 9.20. The van der Waals surface area contributed by atoms with Crippen LogP contribution in [0.4, 0.5) is 4.39 Å². The number of carbonyl (C=O) groups is 1. The van der Waals surface area contributed by atoms with Gasteiger partial charge in [-0.1, -0.05) is 0 Å². The standard InChI is InChI=1S/C14H18FNO3/c1-18-8-6-14(17)16-12-3-2-7-19-13-5-4-10(15)9-11(12)13/h4-5,9,12H,2-3,6-8H2,1H3,(H,16,17). The van der Waals surface area contributed by atoms with Crippen molar-refractivity contribution in [3.63, 3.8) is 0 Å². The Balaban J connectivity index is 2.12. The molecular weight excluding hydrogens is 249 g/mol. The van der Waals surface area contributed by atoms with Crippen LogP contribution in [0.1, 0.15) is 30.9 Å². The first-order valence-electron chi connectivity index (χ1n) is 6.41. The third-order valence-electron chi connectivity index (χ3n) is 3.11. The third-order valence-corrected chi connectivity index (χ3v) is 3.11. The third kappa shape index (κ3) is 3.67. The Morgan fingerprint density at radius 2 is 2.42 bits per heavy atom. The number of carbonyl (C=O) groups excluding carboxylic acids is 1. The number of hydrogen-bond acceptors (Lipinski definition) is 3. The number of fused-ring (bicyclic) bond motifs is 1. The van der Waals surface area contributed by atoms with E-state index < -0.39 is 0 Å².